The van der Waals surface area contributed by atoms with E-state index in [2.05, 4.69) is 10.3 Å². The molecule has 2 rings (SSSR count). The maximum atomic E-state index is 11.9. The van der Waals surface area contributed by atoms with Crippen LogP contribution < -0.4 is 10.2 Å². The molecule has 1 aliphatic heterocycles. The zero-order valence-electron chi connectivity index (χ0n) is 11.2. The van der Waals surface area contributed by atoms with Crippen LogP contribution in [0.4, 0.5) is 5.69 Å². The summed E-state index contributed by atoms with van der Waals surface area (Å²) in [7, 11) is 0. The van der Waals surface area contributed by atoms with Crippen molar-refractivity contribution in [1.82, 2.24) is 10.3 Å². The number of amides is 2. The first-order chi connectivity index (χ1) is 8.82. The van der Waals surface area contributed by atoms with Crippen LogP contribution in [0.25, 0.3) is 0 Å². The van der Waals surface area contributed by atoms with Crippen molar-refractivity contribution in [2.24, 2.45) is 0 Å². The molecule has 1 saturated heterocycles. The minimum atomic E-state index is -0.818. The van der Waals surface area contributed by atoms with E-state index in [1.807, 2.05) is 0 Å². The number of rotatable bonds is 2. The number of carbonyl (C=O) groups excluding carboxylic acids is 2. The number of nitrogens with zero attached hydrogens (tertiary/aromatic N) is 2. The summed E-state index contributed by atoms with van der Waals surface area (Å²) in [6, 6.07) is 3.44. The van der Waals surface area contributed by atoms with Gasteiger partial charge in [-0.1, -0.05) is 0 Å². The fourth-order valence-electron chi connectivity index (χ4n) is 2.00. The van der Waals surface area contributed by atoms with Crippen LogP contribution in [-0.4, -0.2) is 34.0 Å². The average Bonchev–Trinajstić information content (AvgIpc) is 2.34. The average molecular weight is 263 g/mol. The van der Waals surface area contributed by atoms with Crippen molar-refractivity contribution < 1.29 is 14.7 Å². The molecule has 0 aromatic carbocycles. The Kier molecular flexibility index (Phi) is 3.28. The van der Waals surface area contributed by atoms with E-state index in [4.69, 9.17) is 0 Å². The first kappa shape index (κ1) is 13.5. The lowest BCUT2D eigenvalue weighted by atomic mass is 9.98. The van der Waals surface area contributed by atoms with Gasteiger partial charge < -0.3 is 10.0 Å². The SMILES string of the molecule is CC(O)c1ccc(N2CC(=O)NC(=O)C2(C)C)cn1. The number of carbonyl (C=O) groups is 2. The molecule has 2 N–H and O–H groups in total. The van der Waals surface area contributed by atoms with Crippen LogP contribution in [-0.2, 0) is 9.59 Å². The Morgan fingerprint density at radius 1 is 1.42 bits per heavy atom. The van der Waals surface area contributed by atoms with Crippen molar-refractivity contribution in [3.8, 4) is 0 Å². The van der Waals surface area contributed by atoms with Gasteiger partial charge in [0.1, 0.15) is 5.54 Å². The monoisotopic (exact) mass is 263 g/mol. The second-order valence-electron chi connectivity index (χ2n) is 5.14. The molecule has 0 saturated carbocycles. The molecule has 6 heteroatoms. The maximum absolute atomic E-state index is 11.9. The smallest absolute Gasteiger partial charge is 0.251 e. The van der Waals surface area contributed by atoms with Gasteiger partial charge in [-0.15, -0.1) is 0 Å². The first-order valence-electron chi connectivity index (χ1n) is 6.08. The minimum absolute atomic E-state index is 0.106. The molecular weight excluding hydrogens is 246 g/mol. The second-order valence-corrected chi connectivity index (χ2v) is 5.14. The van der Waals surface area contributed by atoms with E-state index in [1.54, 1.807) is 44.0 Å². The highest BCUT2D eigenvalue weighted by atomic mass is 16.3. The molecule has 6 nitrogen and oxygen atoms in total. The number of imide groups is 1. The number of aliphatic hydroxyl groups is 1. The van der Waals surface area contributed by atoms with Crippen molar-refractivity contribution in [3.63, 3.8) is 0 Å². The van der Waals surface area contributed by atoms with E-state index in [0.29, 0.717) is 11.4 Å². The van der Waals surface area contributed by atoms with Crippen molar-refractivity contribution in [2.45, 2.75) is 32.4 Å². The zero-order chi connectivity index (χ0) is 14.2. The van der Waals surface area contributed by atoms with Crippen LogP contribution >= 0.6 is 0 Å². The number of hydrogen-bond acceptors (Lipinski definition) is 5. The normalized spacial score (nSPS) is 20.1. The molecule has 1 unspecified atom stereocenters. The molecule has 0 spiro atoms. The molecule has 1 aliphatic rings. The number of hydrogen-bond donors (Lipinski definition) is 2. The minimum Gasteiger partial charge on any atom is -0.387 e. The fourth-order valence-corrected chi connectivity index (χ4v) is 2.00. The summed E-state index contributed by atoms with van der Waals surface area (Å²) in [5.41, 5.74) is 0.411. The molecule has 0 aliphatic carbocycles. The van der Waals surface area contributed by atoms with Crippen LogP contribution in [0.2, 0.25) is 0 Å². The van der Waals surface area contributed by atoms with Crippen LogP contribution in [0.1, 0.15) is 32.6 Å². The maximum Gasteiger partial charge on any atom is 0.251 e. The lowest BCUT2D eigenvalue weighted by molar-refractivity contribution is -0.135. The molecule has 19 heavy (non-hydrogen) atoms. The van der Waals surface area contributed by atoms with Gasteiger partial charge >= 0.3 is 0 Å². The third kappa shape index (κ3) is 2.44. The number of aliphatic hydroxyl groups excluding tert-OH is 1. The number of piperazine rings is 1. The Bertz CT molecular complexity index is 508. The van der Waals surface area contributed by atoms with Gasteiger partial charge in [0.15, 0.2) is 0 Å². The topological polar surface area (TPSA) is 82.5 Å². The number of aromatic nitrogens is 1. The molecule has 102 valence electrons. The summed E-state index contributed by atoms with van der Waals surface area (Å²) in [4.78, 5) is 29.2. The zero-order valence-corrected chi connectivity index (χ0v) is 11.2. The van der Waals surface area contributed by atoms with E-state index < -0.39 is 11.6 Å². The van der Waals surface area contributed by atoms with Crippen LogP contribution in [0, 0.1) is 0 Å². The Balaban J connectivity index is 2.33. The number of pyridine rings is 1. The molecule has 0 radical (unpaired) electrons. The van der Waals surface area contributed by atoms with Gasteiger partial charge in [0.05, 0.1) is 30.2 Å². The standard InChI is InChI=1S/C13H17N3O3/c1-8(17)10-5-4-9(6-14-10)16-7-11(18)15-12(19)13(16,2)3/h4-6,8,17H,7H2,1-3H3,(H,15,18,19). The predicted octanol–water partition coefficient (Wildman–Crippen LogP) is 0.376. The van der Waals surface area contributed by atoms with E-state index in [-0.39, 0.29) is 18.4 Å². The highest BCUT2D eigenvalue weighted by Gasteiger charge is 2.41. The molecule has 1 atom stereocenters. The summed E-state index contributed by atoms with van der Waals surface area (Å²) in [5.74, 6) is -0.660. The quantitative estimate of drug-likeness (QED) is 0.754. The Morgan fingerprint density at radius 2 is 2.11 bits per heavy atom. The van der Waals surface area contributed by atoms with Gasteiger partial charge in [-0.3, -0.25) is 19.9 Å². The molecule has 1 aromatic heterocycles. The van der Waals surface area contributed by atoms with Crippen molar-refractivity contribution in [2.75, 3.05) is 11.4 Å². The Labute approximate surface area is 111 Å². The van der Waals surface area contributed by atoms with Crippen molar-refractivity contribution in [1.29, 1.82) is 0 Å². The highest BCUT2D eigenvalue weighted by molar-refractivity contribution is 6.06. The summed E-state index contributed by atoms with van der Waals surface area (Å²) in [6.07, 6.45) is 0.920. The fraction of sp³-hybridized carbons (Fsp3) is 0.462. The van der Waals surface area contributed by atoms with Gasteiger partial charge in [-0.2, -0.15) is 0 Å². The first-order valence-corrected chi connectivity index (χ1v) is 6.08. The Morgan fingerprint density at radius 3 is 2.63 bits per heavy atom. The Hall–Kier alpha value is -1.95. The van der Waals surface area contributed by atoms with E-state index in [1.165, 1.54) is 0 Å². The summed E-state index contributed by atoms with van der Waals surface area (Å²) >= 11 is 0. The van der Waals surface area contributed by atoms with Crippen LogP contribution in [0.3, 0.4) is 0 Å². The number of anilines is 1. The van der Waals surface area contributed by atoms with Crippen molar-refractivity contribution >= 4 is 17.5 Å². The molecular formula is C13H17N3O3. The number of nitrogens with one attached hydrogen (secondary N) is 1. The van der Waals surface area contributed by atoms with Gasteiger partial charge in [0.2, 0.25) is 5.91 Å². The van der Waals surface area contributed by atoms with E-state index >= 15 is 0 Å². The lowest BCUT2D eigenvalue weighted by Gasteiger charge is -2.41. The van der Waals surface area contributed by atoms with Gasteiger partial charge in [0, 0.05) is 0 Å². The van der Waals surface area contributed by atoms with Gasteiger partial charge in [0.25, 0.3) is 5.91 Å². The van der Waals surface area contributed by atoms with Gasteiger partial charge in [-0.05, 0) is 32.9 Å². The van der Waals surface area contributed by atoms with Crippen LogP contribution in [0.5, 0.6) is 0 Å². The second kappa shape index (κ2) is 4.62. The largest absolute Gasteiger partial charge is 0.387 e. The van der Waals surface area contributed by atoms with Gasteiger partial charge in [-0.25, -0.2) is 0 Å². The predicted molar refractivity (Wildman–Crippen MR) is 69.4 cm³/mol. The highest BCUT2D eigenvalue weighted by Crippen LogP contribution is 2.26. The third-order valence-corrected chi connectivity index (χ3v) is 3.30. The molecule has 1 aromatic rings. The molecule has 1 fully saturated rings. The summed E-state index contributed by atoms with van der Waals surface area (Å²) in [5, 5.41) is 11.7. The third-order valence-electron chi connectivity index (χ3n) is 3.30. The summed E-state index contributed by atoms with van der Waals surface area (Å²) in [6.45, 7) is 5.23. The van der Waals surface area contributed by atoms with Crippen molar-refractivity contribution in [3.05, 3.63) is 24.0 Å². The molecule has 2 amide bonds. The van der Waals surface area contributed by atoms with E-state index in [0.717, 1.165) is 0 Å². The van der Waals surface area contributed by atoms with Crippen LogP contribution in [0.15, 0.2) is 18.3 Å². The van der Waals surface area contributed by atoms with E-state index in [9.17, 15) is 14.7 Å². The molecule has 0 bridgehead atoms. The lowest BCUT2D eigenvalue weighted by Crippen LogP contribution is -2.64. The molecule has 2 heterocycles. The summed E-state index contributed by atoms with van der Waals surface area (Å²) < 4.78 is 0.